The number of hydrogen-bond donors (Lipinski definition) is 0. The lowest BCUT2D eigenvalue weighted by molar-refractivity contribution is 0.193. The van der Waals surface area contributed by atoms with Gasteiger partial charge in [-0.2, -0.15) is 5.10 Å². The third-order valence-electron chi connectivity index (χ3n) is 3.72. The van der Waals surface area contributed by atoms with E-state index in [1.807, 2.05) is 47.4 Å². The number of hydrogen-bond acceptors (Lipinski definition) is 4. The van der Waals surface area contributed by atoms with E-state index in [9.17, 15) is 0 Å². The first-order valence-electron chi connectivity index (χ1n) is 7.04. The van der Waals surface area contributed by atoms with Crippen LogP contribution in [-0.4, -0.2) is 28.0 Å². The summed E-state index contributed by atoms with van der Waals surface area (Å²) in [6, 6.07) is 10.1. The van der Waals surface area contributed by atoms with E-state index < -0.39 is 0 Å². The molecule has 21 heavy (non-hydrogen) atoms. The van der Waals surface area contributed by atoms with Crippen LogP contribution >= 0.6 is 11.3 Å². The monoisotopic (exact) mass is 297 g/mol. The van der Waals surface area contributed by atoms with Gasteiger partial charge in [-0.15, -0.1) is 11.3 Å². The molecule has 5 heteroatoms. The highest BCUT2D eigenvalue weighted by Crippen LogP contribution is 2.30. The first-order chi connectivity index (χ1) is 10.4. The molecule has 0 saturated carbocycles. The molecule has 1 aliphatic rings. The summed E-state index contributed by atoms with van der Waals surface area (Å²) in [4.78, 5) is 4.75. The molecule has 0 amide bonds. The smallest absolute Gasteiger partial charge is 0.126 e. The highest BCUT2D eigenvalue weighted by atomic mass is 32.1. The Morgan fingerprint density at radius 3 is 2.95 bits per heavy atom. The molecule has 0 aliphatic carbocycles. The Balaban J connectivity index is 1.61. The van der Waals surface area contributed by atoms with Crippen molar-refractivity contribution in [3.05, 3.63) is 53.8 Å². The van der Waals surface area contributed by atoms with E-state index in [0.29, 0.717) is 5.92 Å². The highest BCUT2D eigenvalue weighted by molar-refractivity contribution is 7.13. The fourth-order valence-electron chi connectivity index (χ4n) is 2.53. The van der Waals surface area contributed by atoms with E-state index in [1.165, 1.54) is 0 Å². The van der Waals surface area contributed by atoms with Gasteiger partial charge in [0.15, 0.2) is 0 Å². The van der Waals surface area contributed by atoms with Crippen LogP contribution < -0.4 is 0 Å². The van der Waals surface area contributed by atoms with Gasteiger partial charge in [0.05, 0.1) is 24.2 Å². The molecule has 1 saturated heterocycles. The standard InChI is InChI=1S/C16H15N3OS/c1-2-4-14(5-3-1)19-9-13(8-17-19)16-18-15(11-21-16)12-6-7-20-10-12/h1-5,8-9,11-12H,6-7,10H2. The zero-order valence-electron chi connectivity index (χ0n) is 11.5. The Hall–Kier alpha value is -1.98. The first-order valence-corrected chi connectivity index (χ1v) is 7.92. The molecule has 4 rings (SSSR count). The second kappa shape index (κ2) is 5.42. The van der Waals surface area contributed by atoms with Crippen LogP contribution in [-0.2, 0) is 4.74 Å². The topological polar surface area (TPSA) is 39.9 Å². The van der Waals surface area contributed by atoms with Gasteiger partial charge in [0, 0.05) is 29.7 Å². The van der Waals surface area contributed by atoms with Crippen molar-refractivity contribution in [2.24, 2.45) is 0 Å². The molecular weight excluding hydrogens is 282 g/mol. The molecule has 0 N–H and O–H groups in total. The minimum atomic E-state index is 0.458. The van der Waals surface area contributed by atoms with E-state index >= 15 is 0 Å². The Labute approximate surface area is 127 Å². The minimum absolute atomic E-state index is 0.458. The van der Waals surface area contributed by atoms with Gasteiger partial charge in [-0.05, 0) is 18.6 Å². The SMILES string of the molecule is c1ccc(-n2cc(-c3nc(C4CCOC4)cs3)cn2)cc1. The number of rotatable bonds is 3. The largest absolute Gasteiger partial charge is 0.381 e. The van der Waals surface area contributed by atoms with Crippen LogP contribution in [0.1, 0.15) is 18.0 Å². The second-order valence-electron chi connectivity index (χ2n) is 5.15. The molecule has 2 aromatic heterocycles. The summed E-state index contributed by atoms with van der Waals surface area (Å²) >= 11 is 1.68. The molecular formula is C16H15N3OS. The minimum Gasteiger partial charge on any atom is -0.381 e. The van der Waals surface area contributed by atoms with Crippen LogP contribution in [0.4, 0.5) is 0 Å². The Kier molecular flexibility index (Phi) is 3.29. The van der Waals surface area contributed by atoms with Crippen LogP contribution in [0.3, 0.4) is 0 Å². The molecule has 1 aromatic carbocycles. The molecule has 106 valence electrons. The zero-order chi connectivity index (χ0) is 14.1. The number of para-hydroxylation sites is 1. The number of ether oxygens (including phenoxy) is 1. The number of nitrogens with zero attached hydrogens (tertiary/aromatic N) is 3. The van der Waals surface area contributed by atoms with Gasteiger partial charge in [0.25, 0.3) is 0 Å². The van der Waals surface area contributed by atoms with Crippen molar-refractivity contribution in [1.82, 2.24) is 14.8 Å². The van der Waals surface area contributed by atoms with Gasteiger partial charge in [-0.25, -0.2) is 9.67 Å². The van der Waals surface area contributed by atoms with Gasteiger partial charge in [0.1, 0.15) is 5.01 Å². The lowest BCUT2D eigenvalue weighted by atomic mass is 10.1. The van der Waals surface area contributed by atoms with Crippen molar-refractivity contribution in [3.8, 4) is 16.3 Å². The van der Waals surface area contributed by atoms with E-state index in [0.717, 1.165) is 41.6 Å². The van der Waals surface area contributed by atoms with Gasteiger partial charge >= 0.3 is 0 Å². The summed E-state index contributed by atoms with van der Waals surface area (Å²) < 4.78 is 7.32. The number of aromatic nitrogens is 3. The third kappa shape index (κ3) is 2.50. The fourth-order valence-corrected chi connectivity index (χ4v) is 3.41. The summed E-state index contributed by atoms with van der Waals surface area (Å²) in [5.74, 6) is 0.458. The van der Waals surface area contributed by atoms with E-state index in [4.69, 9.17) is 9.72 Å². The van der Waals surface area contributed by atoms with Crippen LogP contribution in [0.2, 0.25) is 0 Å². The van der Waals surface area contributed by atoms with E-state index in [-0.39, 0.29) is 0 Å². The summed E-state index contributed by atoms with van der Waals surface area (Å²) in [7, 11) is 0. The van der Waals surface area contributed by atoms with Crippen molar-refractivity contribution >= 4 is 11.3 Å². The van der Waals surface area contributed by atoms with Gasteiger partial charge in [-0.1, -0.05) is 18.2 Å². The molecule has 3 heterocycles. The lowest BCUT2D eigenvalue weighted by Crippen LogP contribution is -1.97. The number of thiazole rings is 1. The lowest BCUT2D eigenvalue weighted by Gasteiger charge is -2.01. The molecule has 0 radical (unpaired) electrons. The maximum atomic E-state index is 5.44. The highest BCUT2D eigenvalue weighted by Gasteiger charge is 2.21. The number of benzene rings is 1. The van der Waals surface area contributed by atoms with Gasteiger partial charge in [-0.3, -0.25) is 0 Å². The molecule has 4 nitrogen and oxygen atoms in total. The maximum Gasteiger partial charge on any atom is 0.126 e. The summed E-state index contributed by atoms with van der Waals surface area (Å²) in [6.07, 6.45) is 4.98. The second-order valence-corrected chi connectivity index (χ2v) is 6.01. The zero-order valence-corrected chi connectivity index (χ0v) is 12.3. The van der Waals surface area contributed by atoms with Gasteiger partial charge < -0.3 is 4.74 Å². The molecule has 1 fully saturated rings. The normalized spacial score (nSPS) is 18.2. The predicted molar refractivity (Wildman–Crippen MR) is 82.8 cm³/mol. The molecule has 3 aromatic rings. The van der Waals surface area contributed by atoms with E-state index in [1.54, 1.807) is 11.3 Å². The van der Waals surface area contributed by atoms with Crippen molar-refractivity contribution in [2.75, 3.05) is 13.2 Å². The first kappa shape index (κ1) is 12.7. The summed E-state index contributed by atoms with van der Waals surface area (Å²) in [5, 5.41) is 7.60. The van der Waals surface area contributed by atoms with Crippen LogP contribution in [0.5, 0.6) is 0 Å². The molecule has 0 bridgehead atoms. The quantitative estimate of drug-likeness (QED) is 0.743. The van der Waals surface area contributed by atoms with Crippen LogP contribution in [0.25, 0.3) is 16.3 Å². The Morgan fingerprint density at radius 2 is 2.14 bits per heavy atom. The van der Waals surface area contributed by atoms with Crippen LogP contribution in [0, 0.1) is 0 Å². The molecule has 0 spiro atoms. The van der Waals surface area contributed by atoms with E-state index in [2.05, 4.69) is 10.5 Å². The van der Waals surface area contributed by atoms with Crippen molar-refractivity contribution in [1.29, 1.82) is 0 Å². The van der Waals surface area contributed by atoms with Crippen molar-refractivity contribution in [2.45, 2.75) is 12.3 Å². The Morgan fingerprint density at radius 1 is 1.24 bits per heavy atom. The van der Waals surface area contributed by atoms with Crippen molar-refractivity contribution in [3.63, 3.8) is 0 Å². The Bertz CT molecular complexity index is 729. The van der Waals surface area contributed by atoms with Crippen LogP contribution in [0.15, 0.2) is 48.1 Å². The summed E-state index contributed by atoms with van der Waals surface area (Å²) in [6.45, 7) is 1.65. The fraction of sp³-hybridized carbons (Fsp3) is 0.250. The summed E-state index contributed by atoms with van der Waals surface area (Å²) in [5.41, 5.74) is 3.28. The van der Waals surface area contributed by atoms with Crippen molar-refractivity contribution < 1.29 is 4.74 Å². The average Bonchev–Trinajstić information content (AvgIpc) is 3.27. The average molecular weight is 297 g/mol. The predicted octanol–water partition coefficient (Wildman–Crippen LogP) is 3.50. The maximum absolute atomic E-state index is 5.44. The molecule has 1 aliphatic heterocycles. The molecule has 1 unspecified atom stereocenters. The van der Waals surface area contributed by atoms with Gasteiger partial charge in [0.2, 0.25) is 0 Å². The third-order valence-corrected chi connectivity index (χ3v) is 4.63. The molecule has 1 atom stereocenters.